The van der Waals surface area contributed by atoms with Gasteiger partial charge in [0, 0.05) is 15.8 Å². The van der Waals surface area contributed by atoms with Crippen molar-refractivity contribution in [1.82, 2.24) is 0 Å². The molecule has 0 amide bonds. The van der Waals surface area contributed by atoms with E-state index >= 15 is 0 Å². The highest BCUT2D eigenvalue weighted by Gasteiger charge is 2.65. The number of hydrogen-bond donors (Lipinski definition) is 1. The highest BCUT2D eigenvalue weighted by molar-refractivity contribution is 7.99. The average Bonchev–Trinajstić information content (AvgIpc) is 3.13. The fraction of sp³-hybridized carbons (Fsp3) is 0.556. The molecule has 0 saturated carbocycles. The van der Waals surface area contributed by atoms with E-state index in [1.807, 2.05) is 30.3 Å². The topological polar surface area (TPSA) is 57.2 Å². The number of phenols is 1. The first-order valence-electron chi connectivity index (χ1n) is 12.0. The maximum atomic E-state index is 9.60. The van der Waals surface area contributed by atoms with Gasteiger partial charge in [-0.05, 0) is 23.3 Å². The maximum absolute atomic E-state index is 9.60. The molecule has 2 aromatic rings. The molecule has 0 spiro atoms. The van der Waals surface area contributed by atoms with E-state index in [0.29, 0.717) is 13.2 Å². The van der Waals surface area contributed by atoms with Gasteiger partial charge in [-0.25, -0.2) is 0 Å². The summed E-state index contributed by atoms with van der Waals surface area (Å²) in [7, 11) is -2.64. The molecule has 2 aromatic carbocycles. The predicted molar refractivity (Wildman–Crippen MR) is 139 cm³/mol. The zero-order valence-electron chi connectivity index (χ0n) is 21.1. The minimum atomic E-state index is -2.64. The lowest BCUT2D eigenvalue weighted by molar-refractivity contribution is -0.0800. The number of benzene rings is 2. The van der Waals surface area contributed by atoms with Crippen LogP contribution in [-0.4, -0.2) is 44.0 Å². The minimum absolute atomic E-state index is 0.0997. The van der Waals surface area contributed by atoms with Crippen molar-refractivity contribution in [3.63, 3.8) is 0 Å². The number of thioether (sulfide) groups is 1. The van der Waals surface area contributed by atoms with Gasteiger partial charge in [-0.15, -0.1) is 11.8 Å². The molecule has 2 saturated heterocycles. The van der Waals surface area contributed by atoms with Crippen LogP contribution in [0.25, 0.3) is 0 Å². The Morgan fingerprint density at radius 1 is 0.941 bits per heavy atom. The van der Waals surface area contributed by atoms with E-state index in [1.54, 1.807) is 23.9 Å². The smallest absolute Gasteiger partial charge is 0.349 e. The van der Waals surface area contributed by atoms with Crippen molar-refractivity contribution in [2.24, 2.45) is 0 Å². The Labute approximate surface area is 209 Å². The Morgan fingerprint density at radius 2 is 1.59 bits per heavy atom. The van der Waals surface area contributed by atoms with Crippen LogP contribution in [0.4, 0.5) is 0 Å². The van der Waals surface area contributed by atoms with Gasteiger partial charge in [0.05, 0.1) is 13.2 Å². The van der Waals surface area contributed by atoms with Crippen LogP contribution in [0.15, 0.2) is 54.6 Å². The molecule has 0 radical (unpaired) electrons. The molecular weight excluding hydrogens is 464 g/mol. The van der Waals surface area contributed by atoms with Crippen LogP contribution < -0.4 is 0 Å². The molecule has 0 aliphatic carbocycles. The molecule has 2 heterocycles. The summed E-state index contributed by atoms with van der Waals surface area (Å²) >= 11 is 1.72. The fourth-order valence-electron chi connectivity index (χ4n) is 5.15. The van der Waals surface area contributed by atoms with Crippen molar-refractivity contribution in [3.8, 4) is 5.75 Å². The molecule has 2 fully saturated rings. The first-order valence-corrected chi connectivity index (χ1v) is 14.9. The van der Waals surface area contributed by atoms with E-state index in [9.17, 15) is 5.11 Å². The molecule has 2 aliphatic heterocycles. The van der Waals surface area contributed by atoms with Crippen molar-refractivity contribution in [3.05, 3.63) is 65.7 Å². The van der Waals surface area contributed by atoms with E-state index in [4.69, 9.17) is 18.3 Å². The Morgan fingerprint density at radius 3 is 2.21 bits per heavy atom. The molecule has 0 aromatic heterocycles. The summed E-state index contributed by atoms with van der Waals surface area (Å²) in [4.78, 5) is 0. The zero-order valence-corrected chi connectivity index (χ0v) is 22.9. The van der Waals surface area contributed by atoms with Crippen LogP contribution in [0.1, 0.15) is 52.7 Å². The van der Waals surface area contributed by atoms with Crippen LogP contribution in [-0.2, 0) is 30.7 Å². The standard InChI is InChI=1S/C27H38O5SSi/c1-26(2,3)34(27(4,5)6)30-17-22-23(32-34)24(29-16-19-10-8-7-9-11-19)25(31-22)33-18-20-12-14-21(28)15-13-20/h7-15,22-25,28H,16-18H2,1-6H3/t22-,23-,24+,25-/m1/s1. The number of hydrogen-bond acceptors (Lipinski definition) is 6. The molecule has 0 unspecified atom stereocenters. The van der Waals surface area contributed by atoms with Gasteiger partial charge in [-0.2, -0.15) is 0 Å². The van der Waals surface area contributed by atoms with Crippen LogP contribution in [0.5, 0.6) is 5.75 Å². The van der Waals surface area contributed by atoms with Crippen molar-refractivity contribution in [2.45, 2.75) is 87.7 Å². The van der Waals surface area contributed by atoms with E-state index in [1.165, 1.54) is 0 Å². The molecular formula is C27H38O5SSi. The monoisotopic (exact) mass is 502 g/mol. The second-order valence-electron chi connectivity index (χ2n) is 11.3. The van der Waals surface area contributed by atoms with Crippen LogP contribution in [0.2, 0.25) is 10.1 Å². The quantitative estimate of drug-likeness (QED) is 0.462. The highest BCUT2D eigenvalue weighted by atomic mass is 32.2. The summed E-state index contributed by atoms with van der Waals surface area (Å²) in [6.45, 7) is 14.4. The van der Waals surface area contributed by atoms with Gasteiger partial charge < -0.3 is 23.4 Å². The van der Waals surface area contributed by atoms with Gasteiger partial charge in [0.2, 0.25) is 0 Å². The molecule has 4 atom stereocenters. The van der Waals surface area contributed by atoms with E-state index in [0.717, 1.165) is 16.9 Å². The van der Waals surface area contributed by atoms with Gasteiger partial charge in [-0.1, -0.05) is 84.0 Å². The third kappa shape index (κ3) is 5.25. The molecule has 1 N–H and O–H groups in total. The largest absolute Gasteiger partial charge is 0.508 e. The van der Waals surface area contributed by atoms with E-state index < -0.39 is 8.56 Å². The van der Waals surface area contributed by atoms with Gasteiger partial charge >= 0.3 is 8.56 Å². The molecule has 186 valence electrons. The summed E-state index contributed by atoms with van der Waals surface area (Å²) in [5.74, 6) is 1.04. The Bertz CT molecular complexity index is 924. The Kier molecular flexibility index (Phi) is 7.53. The summed E-state index contributed by atoms with van der Waals surface area (Å²) in [5.41, 5.74) is 2.10. The number of ether oxygens (including phenoxy) is 2. The molecule has 4 rings (SSSR count). The first-order chi connectivity index (χ1) is 16.0. The lowest BCUT2D eigenvalue weighted by atomic mass is 10.1. The second kappa shape index (κ2) is 9.95. The summed E-state index contributed by atoms with van der Waals surface area (Å²) in [6.07, 6.45) is -0.517. The van der Waals surface area contributed by atoms with Gasteiger partial charge in [-0.3, -0.25) is 0 Å². The number of aromatic hydroxyl groups is 1. The average molecular weight is 503 g/mol. The zero-order chi connectivity index (χ0) is 24.6. The Balaban J connectivity index is 1.57. The number of phenolic OH excluding ortho intramolecular Hbond substituents is 1. The number of fused-ring (bicyclic) bond motifs is 1. The van der Waals surface area contributed by atoms with Crippen LogP contribution in [0.3, 0.4) is 0 Å². The summed E-state index contributed by atoms with van der Waals surface area (Å²) < 4.78 is 26.7. The number of rotatable bonds is 6. The first kappa shape index (κ1) is 25.7. The molecule has 34 heavy (non-hydrogen) atoms. The molecule has 0 bridgehead atoms. The molecule has 5 nitrogen and oxygen atoms in total. The van der Waals surface area contributed by atoms with Gasteiger partial charge in [0.25, 0.3) is 0 Å². The van der Waals surface area contributed by atoms with Gasteiger partial charge in [0.1, 0.15) is 29.5 Å². The lowest BCUT2D eigenvalue weighted by Gasteiger charge is -2.53. The predicted octanol–water partition coefficient (Wildman–Crippen LogP) is 6.39. The SMILES string of the molecule is CC(C)(C)[Si]1(C(C)(C)C)OC[C@H]2O[C@H](SCc3ccc(O)cc3)[C@@H](OCc3ccccc3)[C@@H]2O1. The summed E-state index contributed by atoms with van der Waals surface area (Å²) in [6, 6.07) is 17.6. The van der Waals surface area contributed by atoms with Crippen molar-refractivity contribution >= 4 is 20.3 Å². The highest BCUT2D eigenvalue weighted by Crippen LogP contribution is 2.56. The van der Waals surface area contributed by atoms with Crippen molar-refractivity contribution in [2.75, 3.05) is 6.61 Å². The van der Waals surface area contributed by atoms with Crippen LogP contribution >= 0.6 is 11.8 Å². The normalized spacial score (nSPS) is 26.9. The third-order valence-electron chi connectivity index (χ3n) is 6.63. The van der Waals surface area contributed by atoms with Crippen molar-refractivity contribution in [1.29, 1.82) is 0 Å². The molecule has 2 aliphatic rings. The van der Waals surface area contributed by atoms with Gasteiger partial charge in [0.15, 0.2) is 0 Å². The van der Waals surface area contributed by atoms with E-state index in [2.05, 4.69) is 53.7 Å². The summed E-state index contributed by atoms with van der Waals surface area (Å²) in [5, 5.41) is 9.40. The fourth-order valence-corrected chi connectivity index (χ4v) is 11.3. The van der Waals surface area contributed by atoms with Crippen molar-refractivity contribution < 1.29 is 23.4 Å². The minimum Gasteiger partial charge on any atom is -0.508 e. The van der Waals surface area contributed by atoms with Crippen LogP contribution in [0, 0.1) is 0 Å². The second-order valence-corrected chi connectivity index (χ2v) is 17.1. The lowest BCUT2D eigenvalue weighted by Crippen LogP contribution is -2.65. The van der Waals surface area contributed by atoms with E-state index in [-0.39, 0.29) is 39.6 Å². The third-order valence-corrected chi connectivity index (χ3v) is 13.0. The molecule has 7 heteroatoms. The Hall–Kier alpha value is -1.35. The maximum Gasteiger partial charge on any atom is 0.349 e.